The van der Waals surface area contributed by atoms with Crippen molar-refractivity contribution in [3.05, 3.63) is 65.7 Å². The van der Waals surface area contributed by atoms with Crippen LogP contribution in [-0.4, -0.2) is 34.8 Å². The standard InChI is InChI=1S/C19H19N5O2S2/c1-20-17(26)14-7-9-15(10-8-14)22-16(25)12-27-19-24-23-18(28-19)21-11-13-5-3-2-4-6-13/h2-10H,11-12H2,1H3,(H,20,26)(H,21,23)(H,22,25). The monoisotopic (exact) mass is 413 g/mol. The van der Waals surface area contributed by atoms with Gasteiger partial charge in [-0.25, -0.2) is 0 Å². The predicted octanol–water partition coefficient (Wildman–Crippen LogP) is 3.24. The van der Waals surface area contributed by atoms with Crippen molar-refractivity contribution in [1.29, 1.82) is 0 Å². The van der Waals surface area contributed by atoms with E-state index >= 15 is 0 Å². The Bertz CT molecular complexity index is 929. The van der Waals surface area contributed by atoms with Crippen LogP contribution in [0.25, 0.3) is 0 Å². The summed E-state index contributed by atoms with van der Waals surface area (Å²) in [6.45, 7) is 0.673. The summed E-state index contributed by atoms with van der Waals surface area (Å²) in [7, 11) is 1.57. The van der Waals surface area contributed by atoms with E-state index in [4.69, 9.17) is 0 Å². The number of hydrogen-bond acceptors (Lipinski definition) is 7. The fraction of sp³-hybridized carbons (Fsp3) is 0.158. The lowest BCUT2D eigenvalue weighted by atomic mass is 10.2. The minimum absolute atomic E-state index is 0.147. The molecular formula is C19H19N5O2S2. The number of carbonyl (C=O) groups excluding carboxylic acids is 2. The topological polar surface area (TPSA) is 96.0 Å². The Kier molecular flexibility index (Phi) is 6.99. The van der Waals surface area contributed by atoms with E-state index in [0.29, 0.717) is 17.8 Å². The summed E-state index contributed by atoms with van der Waals surface area (Å²) in [5, 5.41) is 17.5. The summed E-state index contributed by atoms with van der Waals surface area (Å²) in [6, 6.07) is 16.8. The molecule has 7 nitrogen and oxygen atoms in total. The number of benzene rings is 2. The number of rotatable bonds is 8. The Labute approximate surface area is 171 Å². The minimum atomic E-state index is -0.165. The first-order valence-electron chi connectivity index (χ1n) is 8.50. The zero-order valence-electron chi connectivity index (χ0n) is 15.1. The molecule has 0 radical (unpaired) electrons. The van der Waals surface area contributed by atoms with E-state index in [9.17, 15) is 9.59 Å². The average Bonchev–Trinajstić information content (AvgIpc) is 3.19. The first-order valence-corrected chi connectivity index (χ1v) is 10.3. The molecule has 2 amide bonds. The van der Waals surface area contributed by atoms with E-state index in [0.717, 1.165) is 15.0 Å². The molecule has 0 unspecified atom stereocenters. The molecule has 1 aromatic heterocycles. The largest absolute Gasteiger partial charge is 0.356 e. The molecule has 3 rings (SSSR count). The minimum Gasteiger partial charge on any atom is -0.356 e. The third kappa shape index (κ3) is 5.80. The number of thioether (sulfide) groups is 1. The molecule has 0 aliphatic carbocycles. The van der Waals surface area contributed by atoms with Crippen molar-refractivity contribution in [2.75, 3.05) is 23.4 Å². The van der Waals surface area contributed by atoms with Crippen molar-refractivity contribution in [2.45, 2.75) is 10.9 Å². The summed E-state index contributed by atoms with van der Waals surface area (Å²) < 4.78 is 0.723. The molecule has 0 atom stereocenters. The first kappa shape index (κ1) is 19.8. The Morgan fingerprint density at radius 2 is 1.79 bits per heavy atom. The van der Waals surface area contributed by atoms with E-state index in [1.165, 1.54) is 23.1 Å². The molecule has 3 aromatic rings. The third-order valence-corrected chi connectivity index (χ3v) is 5.69. The van der Waals surface area contributed by atoms with Gasteiger partial charge in [0.25, 0.3) is 5.91 Å². The zero-order valence-corrected chi connectivity index (χ0v) is 16.8. The molecule has 0 aliphatic rings. The van der Waals surface area contributed by atoms with Gasteiger partial charge in [-0.05, 0) is 29.8 Å². The second-order valence-corrected chi connectivity index (χ2v) is 7.91. The van der Waals surface area contributed by atoms with Crippen LogP contribution in [0.5, 0.6) is 0 Å². The lowest BCUT2D eigenvalue weighted by Crippen LogP contribution is -2.18. The van der Waals surface area contributed by atoms with Crippen LogP contribution in [0.15, 0.2) is 58.9 Å². The van der Waals surface area contributed by atoms with Gasteiger partial charge in [-0.1, -0.05) is 53.4 Å². The molecule has 0 saturated heterocycles. The molecule has 0 fully saturated rings. The van der Waals surface area contributed by atoms with E-state index in [-0.39, 0.29) is 17.6 Å². The number of anilines is 2. The van der Waals surface area contributed by atoms with Crippen molar-refractivity contribution in [3.8, 4) is 0 Å². The summed E-state index contributed by atoms with van der Waals surface area (Å²) in [5.74, 6) is -0.0853. The molecule has 144 valence electrons. The van der Waals surface area contributed by atoms with E-state index < -0.39 is 0 Å². The van der Waals surface area contributed by atoms with Crippen molar-refractivity contribution in [1.82, 2.24) is 15.5 Å². The maximum absolute atomic E-state index is 12.1. The number of hydrogen-bond donors (Lipinski definition) is 3. The number of aromatic nitrogens is 2. The summed E-state index contributed by atoms with van der Waals surface area (Å²) in [6.07, 6.45) is 0. The van der Waals surface area contributed by atoms with E-state index in [1.54, 1.807) is 31.3 Å². The summed E-state index contributed by atoms with van der Waals surface area (Å²) in [4.78, 5) is 23.6. The van der Waals surface area contributed by atoms with Crippen LogP contribution in [0, 0.1) is 0 Å². The zero-order chi connectivity index (χ0) is 19.8. The second kappa shape index (κ2) is 9.86. The van der Waals surface area contributed by atoms with Crippen molar-refractivity contribution in [3.63, 3.8) is 0 Å². The third-order valence-electron chi connectivity index (χ3n) is 3.68. The molecule has 28 heavy (non-hydrogen) atoms. The van der Waals surface area contributed by atoms with Gasteiger partial charge in [0.15, 0.2) is 4.34 Å². The maximum atomic E-state index is 12.1. The molecule has 0 aliphatic heterocycles. The highest BCUT2D eigenvalue weighted by Gasteiger charge is 2.09. The fourth-order valence-corrected chi connectivity index (χ4v) is 3.83. The normalized spacial score (nSPS) is 10.3. The van der Waals surface area contributed by atoms with Crippen LogP contribution < -0.4 is 16.0 Å². The quantitative estimate of drug-likeness (QED) is 0.491. The van der Waals surface area contributed by atoms with E-state index in [1.807, 2.05) is 30.3 Å². The van der Waals surface area contributed by atoms with Gasteiger partial charge in [0.1, 0.15) is 0 Å². The average molecular weight is 414 g/mol. The Morgan fingerprint density at radius 3 is 2.50 bits per heavy atom. The van der Waals surface area contributed by atoms with Gasteiger partial charge in [-0.2, -0.15) is 0 Å². The van der Waals surface area contributed by atoms with Gasteiger partial charge in [-0.15, -0.1) is 10.2 Å². The highest BCUT2D eigenvalue weighted by Crippen LogP contribution is 2.26. The maximum Gasteiger partial charge on any atom is 0.251 e. The van der Waals surface area contributed by atoms with Gasteiger partial charge in [0, 0.05) is 24.8 Å². The van der Waals surface area contributed by atoms with Crippen molar-refractivity contribution in [2.24, 2.45) is 0 Å². The Morgan fingerprint density at radius 1 is 1.04 bits per heavy atom. The van der Waals surface area contributed by atoms with Gasteiger partial charge in [0.05, 0.1) is 5.75 Å². The molecule has 2 aromatic carbocycles. The van der Waals surface area contributed by atoms with Crippen molar-refractivity contribution >= 4 is 45.7 Å². The molecule has 0 bridgehead atoms. The predicted molar refractivity (Wildman–Crippen MR) is 113 cm³/mol. The fourth-order valence-electron chi connectivity index (χ4n) is 2.29. The lowest BCUT2D eigenvalue weighted by Gasteiger charge is -2.05. The Hall–Kier alpha value is -2.91. The first-order chi connectivity index (χ1) is 13.6. The van der Waals surface area contributed by atoms with Crippen LogP contribution in [0.3, 0.4) is 0 Å². The van der Waals surface area contributed by atoms with Gasteiger partial charge >= 0.3 is 0 Å². The van der Waals surface area contributed by atoms with Crippen LogP contribution in [0.4, 0.5) is 10.8 Å². The smallest absolute Gasteiger partial charge is 0.251 e. The molecule has 3 N–H and O–H groups in total. The number of carbonyl (C=O) groups is 2. The lowest BCUT2D eigenvalue weighted by molar-refractivity contribution is -0.113. The SMILES string of the molecule is CNC(=O)c1ccc(NC(=O)CSc2nnc(NCc3ccccc3)s2)cc1. The molecule has 9 heteroatoms. The van der Waals surface area contributed by atoms with Crippen LogP contribution >= 0.6 is 23.1 Å². The Balaban J connectivity index is 1.44. The van der Waals surface area contributed by atoms with E-state index in [2.05, 4.69) is 26.1 Å². The highest BCUT2D eigenvalue weighted by molar-refractivity contribution is 8.01. The molecular weight excluding hydrogens is 394 g/mol. The van der Waals surface area contributed by atoms with Gasteiger partial charge in [0.2, 0.25) is 11.0 Å². The molecule has 0 spiro atoms. The van der Waals surface area contributed by atoms with Crippen LogP contribution in [0.2, 0.25) is 0 Å². The summed E-state index contributed by atoms with van der Waals surface area (Å²) in [5.41, 5.74) is 2.34. The summed E-state index contributed by atoms with van der Waals surface area (Å²) >= 11 is 2.74. The molecule has 1 heterocycles. The number of nitrogens with zero attached hydrogens (tertiary/aromatic N) is 2. The van der Waals surface area contributed by atoms with Crippen LogP contribution in [-0.2, 0) is 11.3 Å². The van der Waals surface area contributed by atoms with Crippen LogP contribution in [0.1, 0.15) is 15.9 Å². The van der Waals surface area contributed by atoms with Gasteiger partial charge in [-0.3, -0.25) is 9.59 Å². The van der Waals surface area contributed by atoms with Gasteiger partial charge < -0.3 is 16.0 Å². The van der Waals surface area contributed by atoms with Crippen molar-refractivity contribution < 1.29 is 9.59 Å². The second-order valence-electron chi connectivity index (χ2n) is 5.71. The molecule has 0 saturated carbocycles. The number of amides is 2. The highest BCUT2D eigenvalue weighted by atomic mass is 32.2. The number of nitrogens with one attached hydrogen (secondary N) is 3.